The van der Waals surface area contributed by atoms with Gasteiger partial charge in [-0.3, -0.25) is 0 Å². The van der Waals surface area contributed by atoms with Crippen molar-refractivity contribution in [2.75, 3.05) is 0 Å². The Morgan fingerprint density at radius 1 is 1.10 bits per heavy atom. The van der Waals surface area contributed by atoms with Crippen molar-refractivity contribution in [3.05, 3.63) is 36.1 Å². The normalized spacial score (nSPS) is 12.3. The van der Waals surface area contributed by atoms with Gasteiger partial charge in [0.1, 0.15) is 0 Å². The van der Waals surface area contributed by atoms with Crippen LogP contribution in [0.4, 0.5) is 0 Å². The smallest absolute Gasteiger partial charge is 0.0267 e. The highest BCUT2D eigenvalue weighted by Crippen LogP contribution is 2.34. The Morgan fingerprint density at radius 2 is 1.90 bits per heavy atom. The highest BCUT2D eigenvalue weighted by atomic mass is 31.1. The molecule has 0 saturated heterocycles. The summed E-state index contributed by atoms with van der Waals surface area (Å²) in [5.41, 5.74) is 0. The maximum atomic E-state index is 9.36. The molecule has 0 radical (unpaired) electrons. The van der Waals surface area contributed by atoms with Crippen LogP contribution in [0.15, 0.2) is 36.1 Å². The van der Waals surface area contributed by atoms with E-state index in [1.165, 1.54) is 0 Å². The molecular formula is C8H7OP. The Kier molecular flexibility index (Phi) is 1.26. The van der Waals surface area contributed by atoms with E-state index in [9.17, 15) is 4.89 Å². The first-order chi connectivity index (χ1) is 4.88. The molecule has 2 rings (SSSR count). The molecule has 0 aliphatic carbocycles. The lowest BCUT2D eigenvalue weighted by Gasteiger charge is -1.87. The van der Waals surface area contributed by atoms with Crippen LogP contribution in [0.1, 0.15) is 0 Å². The first-order valence-corrected chi connectivity index (χ1v) is 4.49. The summed E-state index contributed by atoms with van der Waals surface area (Å²) in [5, 5.41) is 2.24. The predicted molar refractivity (Wildman–Crippen MR) is 44.3 cm³/mol. The van der Waals surface area contributed by atoms with Crippen LogP contribution >= 0.6 is 7.76 Å². The monoisotopic (exact) mass is 150 g/mol. The second-order valence-electron chi connectivity index (χ2n) is 2.22. The van der Waals surface area contributed by atoms with Gasteiger partial charge in [-0.2, -0.15) is 0 Å². The van der Waals surface area contributed by atoms with Crippen LogP contribution in [0.5, 0.6) is 0 Å². The Balaban J connectivity index is 2.93. The predicted octanol–water partition coefficient (Wildman–Crippen LogP) is 2.58. The van der Waals surface area contributed by atoms with E-state index >= 15 is 0 Å². The van der Waals surface area contributed by atoms with Crippen LogP contribution in [-0.2, 0) is 0 Å². The first-order valence-electron chi connectivity index (χ1n) is 3.13. The summed E-state index contributed by atoms with van der Waals surface area (Å²) >= 11 is 0. The fourth-order valence-corrected chi connectivity index (χ4v) is 2.18. The van der Waals surface area contributed by atoms with E-state index in [0.29, 0.717) is 0 Å². The lowest BCUT2D eigenvalue weighted by molar-refractivity contribution is 0.651. The summed E-state index contributed by atoms with van der Waals surface area (Å²) in [6.07, 6.45) is 0. The molecule has 2 aromatic rings. The van der Waals surface area contributed by atoms with Gasteiger partial charge in [-0.1, -0.05) is 18.2 Å². The van der Waals surface area contributed by atoms with Crippen LogP contribution in [0.25, 0.3) is 10.5 Å². The second kappa shape index (κ2) is 2.12. The summed E-state index contributed by atoms with van der Waals surface area (Å²) in [6, 6.07) is 9.90. The van der Waals surface area contributed by atoms with Gasteiger partial charge in [-0.05, 0) is 23.3 Å². The van der Waals surface area contributed by atoms with Gasteiger partial charge in [-0.25, -0.2) is 0 Å². The molecule has 1 unspecified atom stereocenters. The van der Waals surface area contributed by atoms with Gasteiger partial charge in [0, 0.05) is 12.9 Å². The average Bonchev–Trinajstić information content (AvgIpc) is 2.34. The lowest BCUT2D eigenvalue weighted by Crippen LogP contribution is -1.57. The summed E-state index contributed by atoms with van der Waals surface area (Å²) in [5.74, 6) is 1.86. The largest absolute Gasteiger partial charge is 0.346 e. The van der Waals surface area contributed by atoms with Crippen molar-refractivity contribution in [2.24, 2.45) is 0 Å². The zero-order valence-corrected chi connectivity index (χ0v) is 6.25. The van der Waals surface area contributed by atoms with Gasteiger partial charge >= 0.3 is 0 Å². The van der Waals surface area contributed by atoms with Gasteiger partial charge in [0.05, 0.1) is 0 Å². The van der Waals surface area contributed by atoms with Crippen LogP contribution in [0, 0.1) is 0 Å². The molecule has 0 saturated carbocycles. The van der Waals surface area contributed by atoms with Crippen molar-refractivity contribution in [1.82, 2.24) is 0 Å². The molecule has 0 aliphatic heterocycles. The zero-order chi connectivity index (χ0) is 6.97. The van der Waals surface area contributed by atoms with Crippen molar-refractivity contribution >= 4 is 18.3 Å². The van der Waals surface area contributed by atoms with Gasteiger partial charge < -0.3 is 4.89 Å². The van der Waals surface area contributed by atoms with Crippen LogP contribution in [0.3, 0.4) is 0 Å². The summed E-state index contributed by atoms with van der Waals surface area (Å²) in [6.45, 7) is 0. The molecule has 1 N–H and O–H groups in total. The van der Waals surface area contributed by atoms with E-state index in [1.807, 2.05) is 36.1 Å². The maximum Gasteiger partial charge on any atom is 0.0267 e. The second-order valence-corrected chi connectivity index (χ2v) is 3.69. The van der Waals surface area contributed by atoms with E-state index in [-0.39, 0.29) is 0 Å². The minimum atomic E-state index is -0.961. The fourth-order valence-electron chi connectivity index (χ4n) is 1.07. The standard InChI is InChI=1S/C8H7OP/c9-10-6-5-7-3-1-2-4-8(7)10/h1-6,9H. The third-order valence-corrected chi connectivity index (χ3v) is 2.91. The van der Waals surface area contributed by atoms with Gasteiger partial charge in [0.15, 0.2) is 0 Å². The quantitative estimate of drug-likeness (QED) is 0.611. The van der Waals surface area contributed by atoms with E-state index in [1.54, 1.807) is 0 Å². The molecule has 1 aromatic carbocycles. The molecule has 0 amide bonds. The molecule has 1 heterocycles. The Labute approximate surface area is 60.1 Å². The molecular weight excluding hydrogens is 143 g/mol. The van der Waals surface area contributed by atoms with Crippen LogP contribution in [0.2, 0.25) is 0 Å². The maximum absolute atomic E-state index is 9.36. The Hall–Kier alpha value is -0.780. The van der Waals surface area contributed by atoms with E-state index in [2.05, 4.69) is 0 Å². The molecule has 1 atom stereocenters. The summed E-state index contributed by atoms with van der Waals surface area (Å²) < 4.78 is 0. The molecule has 0 spiro atoms. The SMILES string of the molecule is Op1ccc2ccccc21. The van der Waals surface area contributed by atoms with E-state index in [4.69, 9.17) is 0 Å². The molecule has 2 heteroatoms. The van der Waals surface area contributed by atoms with Gasteiger partial charge in [0.2, 0.25) is 0 Å². The van der Waals surface area contributed by atoms with Crippen molar-refractivity contribution in [3.8, 4) is 0 Å². The Morgan fingerprint density at radius 3 is 2.70 bits per heavy atom. The average molecular weight is 150 g/mol. The molecule has 50 valence electrons. The van der Waals surface area contributed by atoms with Gasteiger partial charge in [-0.15, -0.1) is 0 Å². The van der Waals surface area contributed by atoms with Crippen molar-refractivity contribution < 1.29 is 4.89 Å². The third kappa shape index (κ3) is 0.756. The highest BCUT2D eigenvalue weighted by molar-refractivity contribution is 7.49. The van der Waals surface area contributed by atoms with Gasteiger partial charge in [0.25, 0.3) is 0 Å². The number of rotatable bonds is 0. The lowest BCUT2D eigenvalue weighted by atomic mass is 10.3. The topological polar surface area (TPSA) is 20.2 Å². The Bertz CT molecular complexity index is 351. The minimum Gasteiger partial charge on any atom is -0.346 e. The molecule has 0 fully saturated rings. The summed E-state index contributed by atoms with van der Waals surface area (Å²) in [4.78, 5) is 9.36. The molecule has 10 heavy (non-hydrogen) atoms. The number of hydrogen-bond acceptors (Lipinski definition) is 1. The van der Waals surface area contributed by atoms with Crippen molar-refractivity contribution in [3.63, 3.8) is 0 Å². The summed E-state index contributed by atoms with van der Waals surface area (Å²) in [7, 11) is -0.961. The molecule has 1 aromatic heterocycles. The first kappa shape index (κ1) is 5.96. The van der Waals surface area contributed by atoms with Crippen molar-refractivity contribution in [1.29, 1.82) is 0 Å². The van der Waals surface area contributed by atoms with Crippen LogP contribution < -0.4 is 0 Å². The molecule has 0 aliphatic rings. The van der Waals surface area contributed by atoms with Crippen LogP contribution in [-0.4, -0.2) is 4.89 Å². The minimum absolute atomic E-state index is 0.961. The number of hydrogen-bond donors (Lipinski definition) is 1. The third-order valence-electron chi connectivity index (χ3n) is 1.58. The van der Waals surface area contributed by atoms with E-state index in [0.717, 1.165) is 10.5 Å². The molecule has 1 nitrogen and oxygen atoms in total. The zero-order valence-electron chi connectivity index (χ0n) is 5.36. The highest BCUT2D eigenvalue weighted by Gasteiger charge is 1.95. The molecule has 0 bridgehead atoms. The fraction of sp³-hybridized carbons (Fsp3) is 0. The number of fused-ring (bicyclic) bond motifs is 1. The van der Waals surface area contributed by atoms with E-state index < -0.39 is 7.76 Å². The van der Waals surface area contributed by atoms with Crippen molar-refractivity contribution in [2.45, 2.75) is 0 Å². The number of benzene rings is 1.